The van der Waals surface area contributed by atoms with Crippen LogP contribution in [0.15, 0.2) is 0 Å². The van der Waals surface area contributed by atoms with Gasteiger partial charge in [0.2, 0.25) is 0 Å². The second-order valence-electron chi connectivity index (χ2n) is 0. The van der Waals surface area contributed by atoms with Crippen molar-refractivity contribution in [3.8, 4) is 0 Å². The molecule has 0 aromatic carbocycles. The predicted octanol–water partition coefficient (Wildman–Crippen LogP) is -1.42. The molecule has 6 nitrogen and oxygen atoms in total. The second kappa shape index (κ2) is 441. The fourth-order valence-corrected chi connectivity index (χ4v) is 0. The maximum atomic E-state index is 0. The third-order valence-corrected chi connectivity index (χ3v) is 0. The van der Waals surface area contributed by atoms with Gasteiger partial charge in [0.25, 0.3) is 0 Å². The summed E-state index contributed by atoms with van der Waals surface area (Å²) in [6, 6.07) is 0. The van der Waals surface area contributed by atoms with Crippen molar-refractivity contribution in [2.75, 3.05) is 0 Å². The van der Waals surface area contributed by atoms with Gasteiger partial charge in [-0.25, -0.2) is 0 Å². The number of hydrogen-bond donors (Lipinski definition) is 0. The SMILES string of the molecule is O.[O-2].[O-2].[O-2].[O-2].[O-2].[V+5].[V+5]. The molecule has 0 spiro atoms. The zero-order chi connectivity index (χ0) is 0. The van der Waals surface area contributed by atoms with E-state index in [2.05, 4.69) is 0 Å². The molecule has 0 aromatic rings. The molecular weight excluding hydrogens is 198 g/mol. The third kappa shape index (κ3) is 282. The first-order chi connectivity index (χ1) is 0. The zero-order valence-electron chi connectivity index (χ0n) is 3.44. The van der Waals surface area contributed by atoms with Crippen LogP contribution in [0.3, 0.4) is 0 Å². The molecule has 0 aromatic heterocycles. The molecule has 0 amide bonds. The maximum Gasteiger partial charge on any atom is 5.00 e. The Balaban J connectivity index is 0. The van der Waals surface area contributed by atoms with E-state index < -0.39 is 0 Å². The molecule has 0 saturated heterocycles. The van der Waals surface area contributed by atoms with Crippen molar-refractivity contribution in [1.82, 2.24) is 0 Å². The predicted molar refractivity (Wildman–Crippen MR) is 7.05 cm³/mol. The average Bonchev–Trinajstić information content (AvgIpc) is 0. The van der Waals surface area contributed by atoms with Crippen molar-refractivity contribution < 1.29 is 70.0 Å². The van der Waals surface area contributed by atoms with E-state index in [9.17, 15) is 0 Å². The Kier molecular flexibility index (Phi) is 35900. The first-order valence-electron chi connectivity index (χ1n) is 0. The van der Waals surface area contributed by atoms with Crippen LogP contribution in [-0.4, -0.2) is 5.48 Å². The van der Waals surface area contributed by atoms with Gasteiger partial charge >= 0.3 is 37.1 Å². The Morgan fingerprint density at radius 2 is 0.375 bits per heavy atom. The van der Waals surface area contributed by atoms with Crippen molar-refractivity contribution in [3.63, 3.8) is 0 Å². The van der Waals surface area contributed by atoms with Gasteiger partial charge in [0.15, 0.2) is 0 Å². The molecular formula is H2O6V2. The van der Waals surface area contributed by atoms with Gasteiger partial charge in [-0.3, -0.25) is 0 Å². The summed E-state index contributed by atoms with van der Waals surface area (Å²) in [5, 5.41) is 0. The third-order valence-electron chi connectivity index (χ3n) is 0. The summed E-state index contributed by atoms with van der Waals surface area (Å²) < 4.78 is 0. The molecule has 0 radical (unpaired) electrons. The minimum atomic E-state index is 0. The van der Waals surface area contributed by atoms with Gasteiger partial charge in [-0.1, -0.05) is 0 Å². The van der Waals surface area contributed by atoms with E-state index >= 15 is 0 Å². The standard InChI is InChI=1S/H2O.5O.2V/h1H2;;;;;;;/q;5*-2;2*+5. The smallest absolute Gasteiger partial charge is 2.00 e. The van der Waals surface area contributed by atoms with Crippen molar-refractivity contribution in [2.24, 2.45) is 0 Å². The summed E-state index contributed by atoms with van der Waals surface area (Å²) in [6.45, 7) is 0. The number of rotatable bonds is 0. The van der Waals surface area contributed by atoms with Gasteiger partial charge in [-0.05, 0) is 0 Å². The van der Waals surface area contributed by atoms with Crippen LogP contribution < -0.4 is 0 Å². The Morgan fingerprint density at radius 3 is 0.375 bits per heavy atom. The van der Waals surface area contributed by atoms with E-state index in [4.69, 9.17) is 0 Å². The van der Waals surface area contributed by atoms with E-state index in [1.807, 2.05) is 0 Å². The molecule has 2 N–H and O–H groups in total. The van der Waals surface area contributed by atoms with Crippen LogP contribution in [0.25, 0.3) is 0 Å². The molecule has 8 heavy (non-hydrogen) atoms. The molecule has 0 aliphatic heterocycles. The fourth-order valence-electron chi connectivity index (χ4n) is 0. The van der Waals surface area contributed by atoms with Crippen LogP contribution in [0.2, 0.25) is 0 Å². The fraction of sp³-hybridized carbons (Fsp3) is 0. The minimum Gasteiger partial charge on any atom is -2.00 e. The van der Waals surface area contributed by atoms with E-state index in [-0.39, 0.29) is 70.0 Å². The summed E-state index contributed by atoms with van der Waals surface area (Å²) >= 11 is 0. The quantitative estimate of drug-likeness (QED) is 0.446. The van der Waals surface area contributed by atoms with Gasteiger partial charge < -0.3 is 32.9 Å². The molecule has 0 bridgehead atoms. The van der Waals surface area contributed by atoms with Crippen LogP contribution in [0.4, 0.5) is 0 Å². The largest absolute Gasteiger partial charge is 5.00 e. The van der Waals surface area contributed by atoms with E-state index in [0.717, 1.165) is 0 Å². The van der Waals surface area contributed by atoms with Crippen LogP contribution in [0, 0.1) is 0 Å². The summed E-state index contributed by atoms with van der Waals surface area (Å²) in [5.41, 5.74) is 0. The molecule has 0 fully saturated rings. The molecule has 0 heterocycles. The molecule has 0 unspecified atom stereocenters. The Morgan fingerprint density at radius 1 is 0.375 bits per heavy atom. The number of hydrogen-bond acceptors (Lipinski definition) is 0. The topological polar surface area (TPSA) is 174 Å². The summed E-state index contributed by atoms with van der Waals surface area (Å²) in [5.74, 6) is 0. The Hall–Kier alpha value is 0.929. The summed E-state index contributed by atoms with van der Waals surface area (Å²) in [7, 11) is 0. The summed E-state index contributed by atoms with van der Waals surface area (Å²) in [4.78, 5) is 0. The summed E-state index contributed by atoms with van der Waals surface area (Å²) in [6.07, 6.45) is 0. The Bertz CT molecular complexity index is 6.49. The van der Waals surface area contributed by atoms with Crippen LogP contribution >= 0.6 is 0 Å². The first-order valence-corrected chi connectivity index (χ1v) is 0. The van der Waals surface area contributed by atoms with Crippen molar-refractivity contribution >= 4 is 0 Å². The molecule has 0 rings (SSSR count). The van der Waals surface area contributed by atoms with Crippen molar-refractivity contribution in [1.29, 1.82) is 0 Å². The van der Waals surface area contributed by atoms with E-state index in [1.54, 1.807) is 0 Å². The minimum absolute atomic E-state index is 0. The molecule has 0 aliphatic rings. The Labute approximate surface area is 70.3 Å². The molecule has 48 valence electrons. The maximum absolute atomic E-state index is 0. The van der Waals surface area contributed by atoms with Crippen LogP contribution in [0.1, 0.15) is 0 Å². The van der Waals surface area contributed by atoms with Crippen molar-refractivity contribution in [3.05, 3.63) is 0 Å². The van der Waals surface area contributed by atoms with Crippen molar-refractivity contribution in [2.45, 2.75) is 0 Å². The van der Waals surface area contributed by atoms with Crippen LogP contribution in [0.5, 0.6) is 0 Å². The van der Waals surface area contributed by atoms with E-state index in [1.165, 1.54) is 0 Å². The molecule has 8 heteroatoms. The first kappa shape index (κ1) is 651. The van der Waals surface area contributed by atoms with Gasteiger partial charge in [-0.2, -0.15) is 0 Å². The molecule has 0 atom stereocenters. The molecule has 0 aliphatic carbocycles. The van der Waals surface area contributed by atoms with Gasteiger partial charge in [0, 0.05) is 0 Å². The van der Waals surface area contributed by atoms with Gasteiger partial charge in [-0.15, -0.1) is 0 Å². The molecule has 0 saturated carbocycles. The van der Waals surface area contributed by atoms with Gasteiger partial charge in [0.1, 0.15) is 0 Å². The second-order valence-corrected chi connectivity index (χ2v) is 0. The normalized spacial score (nSPS) is 0. The van der Waals surface area contributed by atoms with E-state index in [0.29, 0.717) is 0 Å². The average molecular weight is 200 g/mol. The monoisotopic (exact) mass is 200 g/mol. The van der Waals surface area contributed by atoms with Gasteiger partial charge in [0.05, 0.1) is 0 Å². The zero-order valence-corrected chi connectivity index (χ0v) is 6.23. The van der Waals surface area contributed by atoms with Crippen LogP contribution in [-0.2, 0) is 64.5 Å².